The smallest absolute Gasteiger partial charge is 0.306 e. The van der Waals surface area contributed by atoms with Gasteiger partial charge in [0, 0.05) is 23.5 Å². The van der Waals surface area contributed by atoms with E-state index in [2.05, 4.69) is 20.1 Å². The lowest BCUT2D eigenvalue weighted by molar-refractivity contribution is -0.167. The molecule has 0 unspecified atom stereocenters. The summed E-state index contributed by atoms with van der Waals surface area (Å²) in [4.78, 5) is 24.1. The van der Waals surface area contributed by atoms with Crippen LogP contribution in [0.15, 0.2) is 11.6 Å². The lowest BCUT2D eigenvalue weighted by atomic mass is 9.46. The Morgan fingerprint density at radius 1 is 1.04 bits per heavy atom. The number of ether oxygens (including phenoxy) is 1. The summed E-state index contributed by atoms with van der Waals surface area (Å²) in [6.07, 6.45) is 13.3. The van der Waals surface area contributed by atoms with E-state index in [4.69, 9.17) is 4.74 Å². The summed E-state index contributed by atoms with van der Waals surface area (Å²) < 4.78 is 6.07. The maximum absolute atomic E-state index is 12.1. The quantitative estimate of drug-likeness (QED) is 0.597. The summed E-state index contributed by atoms with van der Waals surface area (Å²) in [5.41, 5.74) is 1.58. The molecule has 3 saturated carbocycles. The van der Waals surface area contributed by atoms with Gasteiger partial charge in [0.2, 0.25) is 0 Å². The number of hydrogen-bond acceptors (Lipinski definition) is 4. The Morgan fingerprint density at radius 2 is 1.81 bits per heavy atom. The fourth-order valence-electron chi connectivity index (χ4n) is 8.04. The largest absolute Gasteiger partial charge is 0.458 e. The monoisotopic (exact) mass is 388 g/mol. The van der Waals surface area contributed by atoms with Crippen LogP contribution in [-0.4, -0.2) is 28.9 Å². The van der Waals surface area contributed by atoms with Gasteiger partial charge in [-0.1, -0.05) is 19.4 Å². The third-order valence-corrected chi connectivity index (χ3v) is 10.7. The molecule has 1 saturated heterocycles. The van der Waals surface area contributed by atoms with Crippen LogP contribution in [-0.2, 0) is 14.3 Å². The SMILES string of the molecule is CS[C@@H]1CC2=CC(=O)CC[C@]2(C)[C@@H]2CC[C@@]3(C)[C@H](CC[C@@]34CCC(=O)O4)[C@@H]21. The van der Waals surface area contributed by atoms with Gasteiger partial charge >= 0.3 is 5.97 Å². The van der Waals surface area contributed by atoms with Crippen molar-refractivity contribution < 1.29 is 14.3 Å². The molecule has 0 aromatic heterocycles. The number of fused-ring (bicyclic) bond motifs is 6. The predicted octanol–water partition coefficient (Wildman–Crippen LogP) is 4.94. The summed E-state index contributed by atoms with van der Waals surface area (Å²) >= 11 is 2.01. The highest BCUT2D eigenvalue weighted by molar-refractivity contribution is 7.99. The van der Waals surface area contributed by atoms with Gasteiger partial charge in [-0.05, 0) is 80.4 Å². The number of allylic oxidation sites excluding steroid dienone is 1. The van der Waals surface area contributed by atoms with Crippen LogP contribution in [0.25, 0.3) is 0 Å². The Labute approximate surface area is 167 Å². The molecule has 4 fully saturated rings. The highest BCUT2D eigenvalue weighted by Crippen LogP contribution is 2.70. The third-order valence-electron chi connectivity index (χ3n) is 9.60. The molecule has 0 N–H and O–H groups in total. The number of hydrogen-bond donors (Lipinski definition) is 0. The van der Waals surface area contributed by atoms with Crippen molar-refractivity contribution in [1.29, 1.82) is 0 Å². The predicted molar refractivity (Wildman–Crippen MR) is 107 cm³/mol. The zero-order valence-electron chi connectivity index (χ0n) is 16.9. The average Bonchev–Trinajstić information content (AvgIpc) is 3.16. The number of thioether (sulfide) groups is 1. The molecule has 3 nitrogen and oxygen atoms in total. The van der Waals surface area contributed by atoms with E-state index in [0.29, 0.717) is 35.2 Å². The molecule has 148 valence electrons. The maximum atomic E-state index is 12.1. The second-order valence-corrected chi connectivity index (χ2v) is 11.4. The van der Waals surface area contributed by atoms with Crippen molar-refractivity contribution in [2.24, 2.45) is 28.6 Å². The van der Waals surface area contributed by atoms with Crippen LogP contribution in [0.5, 0.6) is 0 Å². The zero-order chi connectivity index (χ0) is 19.0. The summed E-state index contributed by atoms with van der Waals surface area (Å²) in [5.74, 6) is 2.36. The van der Waals surface area contributed by atoms with Crippen LogP contribution in [0.4, 0.5) is 0 Å². The normalized spacial score (nSPS) is 51.4. The van der Waals surface area contributed by atoms with Gasteiger partial charge in [-0.2, -0.15) is 11.8 Å². The number of ketones is 1. The fraction of sp³-hybridized carbons (Fsp3) is 0.826. The molecule has 7 atom stereocenters. The van der Waals surface area contributed by atoms with Crippen molar-refractivity contribution in [3.8, 4) is 0 Å². The molecule has 0 amide bonds. The van der Waals surface area contributed by atoms with Crippen LogP contribution in [0.3, 0.4) is 0 Å². The number of esters is 1. The zero-order valence-corrected chi connectivity index (χ0v) is 17.7. The first-order valence-corrected chi connectivity index (χ1v) is 12.1. The molecular weight excluding hydrogens is 356 g/mol. The van der Waals surface area contributed by atoms with E-state index in [1.807, 2.05) is 17.8 Å². The van der Waals surface area contributed by atoms with E-state index in [0.717, 1.165) is 32.1 Å². The number of carbonyl (C=O) groups is 2. The van der Waals surface area contributed by atoms with E-state index in [9.17, 15) is 9.59 Å². The van der Waals surface area contributed by atoms with Crippen LogP contribution in [0.1, 0.15) is 71.6 Å². The molecular formula is C23H32O3S. The Balaban J connectivity index is 1.54. The first kappa shape index (κ1) is 18.3. The molecule has 4 aliphatic carbocycles. The molecule has 1 spiro atoms. The van der Waals surface area contributed by atoms with Gasteiger partial charge in [-0.3, -0.25) is 9.59 Å². The van der Waals surface area contributed by atoms with Crippen molar-refractivity contribution in [3.05, 3.63) is 11.6 Å². The Hall–Kier alpha value is -0.770. The van der Waals surface area contributed by atoms with Gasteiger partial charge in [-0.15, -0.1) is 0 Å². The molecule has 1 aliphatic heterocycles. The molecule has 0 aromatic carbocycles. The average molecular weight is 389 g/mol. The molecule has 0 radical (unpaired) electrons. The van der Waals surface area contributed by atoms with E-state index in [1.165, 1.54) is 24.8 Å². The molecule has 0 bridgehead atoms. The summed E-state index contributed by atoms with van der Waals surface area (Å²) in [6.45, 7) is 4.89. The number of carbonyl (C=O) groups excluding carboxylic acids is 2. The fourth-order valence-corrected chi connectivity index (χ4v) is 9.08. The van der Waals surface area contributed by atoms with Gasteiger partial charge < -0.3 is 4.74 Å². The molecule has 1 heterocycles. The van der Waals surface area contributed by atoms with Gasteiger partial charge in [0.15, 0.2) is 5.78 Å². The van der Waals surface area contributed by atoms with Gasteiger partial charge in [0.25, 0.3) is 0 Å². The minimum atomic E-state index is -0.192. The summed E-state index contributed by atoms with van der Waals surface area (Å²) in [5, 5.41) is 0.595. The second-order valence-electron chi connectivity index (χ2n) is 10.3. The van der Waals surface area contributed by atoms with Crippen LogP contribution in [0, 0.1) is 28.6 Å². The minimum absolute atomic E-state index is 0.0204. The first-order valence-electron chi connectivity index (χ1n) is 10.8. The van der Waals surface area contributed by atoms with Crippen molar-refractivity contribution in [2.75, 3.05) is 6.26 Å². The Kier molecular flexibility index (Phi) is 3.97. The minimum Gasteiger partial charge on any atom is -0.458 e. The van der Waals surface area contributed by atoms with Gasteiger partial charge in [0.1, 0.15) is 5.60 Å². The van der Waals surface area contributed by atoms with Crippen molar-refractivity contribution in [3.63, 3.8) is 0 Å². The van der Waals surface area contributed by atoms with Crippen LogP contribution >= 0.6 is 11.8 Å². The highest BCUT2D eigenvalue weighted by Gasteiger charge is 2.68. The first-order chi connectivity index (χ1) is 12.8. The maximum Gasteiger partial charge on any atom is 0.306 e. The lowest BCUT2D eigenvalue weighted by Crippen LogP contribution is -2.57. The van der Waals surface area contributed by atoms with Crippen molar-refractivity contribution in [2.45, 2.75) is 82.5 Å². The molecule has 5 rings (SSSR count). The molecule has 27 heavy (non-hydrogen) atoms. The molecule has 0 aromatic rings. The topological polar surface area (TPSA) is 43.4 Å². The van der Waals surface area contributed by atoms with E-state index in [-0.39, 0.29) is 22.4 Å². The summed E-state index contributed by atoms with van der Waals surface area (Å²) in [6, 6.07) is 0. The molecule has 4 heteroatoms. The second kappa shape index (κ2) is 5.87. The van der Waals surface area contributed by atoms with Crippen LogP contribution < -0.4 is 0 Å². The van der Waals surface area contributed by atoms with E-state index >= 15 is 0 Å². The number of rotatable bonds is 1. The van der Waals surface area contributed by atoms with Gasteiger partial charge in [0.05, 0.1) is 0 Å². The Morgan fingerprint density at radius 3 is 2.52 bits per heavy atom. The lowest BCUT2D eigenvalue weighted by Gasteiger charge is -2.61. The van der Waals surface area contributed by atoms with Crippen molar-refractivity contribution >= 4 is 23.5 Å². The van der Waals surface area contributed by atoms with E-state index in [1.54, 1.807) is 0 Å². The Bertz CT molecular complexity index is 729. The summed E-state index contributed by atoms with van der Waals surface area (Å²) in [7, 11) is 0. The standard InChI is InChI=1S/C23H32O3S/c1-21-8-4-15(24)12-14(21)13-18(27-3)20-16(21)5-9-22(2)17(20)6-10-23(22)11-7-19(25)26-23/h12,16-18,20H,4-11,13H2,1-3H3/t16-,17-,18-,20-,21+,22+,23-/m1/s1. The highest BCUT2D eigenvalue weighted by atomic mass is 32.2. The van der Waals surface area contributed by atoms with E-state index < -0.39 is 0 Å². The third kappa shape index (κ3) is 2.28. The van der Waals surface area contributed by atoms with Crippen LogP contribution in [0.2, 0.25) is 0 Å². The molecule has 5 aliphatic rings. The van der Waals surface area contributed by atoms with Gasteiger partial charge in [-0.25, -0.2) is 0 Å². The van der Waals surface area contributed by atoms with Crippen molar-refractivity contribution in [1.82, 2.24) is 0 Å².